The number of aryl methyl sites for hydroxylation is 2. The van der Waals surface area contributed by atoms with Gasteiger partial charge < -0.3 is 14.5 Å². The molecule has 21 heteroatoms. The van der Waals surface area contributed by atoms with Crippen molar-refractivity contribution in [1.82, 2.24) is 9.63 Å². The van der Waals surface area contributed by atoms with E-state index < -0.39 is 54.6 Å². The molecule has 1 atom stereocenters. The predicted octanol–water partition coefficient (Wildman–Crippen LogP) is 6.00. The van der Waals surface area contributed by atoms with Gasteiger partial charge in [-0.15, -0.1) is 0 Å². The zero-order valence-electron chi connectivity index (χ0n) is 31.6. The first-order valence-corrected chi connectivity index (χ1v) is 23.0. The molecule has 2 aromatic carbocycles. The first-order chi connectivity index (χ1) is 26.8. The molecule has 1 aromatic heterocycles. The zero-order valence-corrected chi connectivity index (χ0v) is 34.8. The number of aromatic nitrogens is 2. The van der Waals surface area contributed by atoms with E-state index in [1.54, 1.807) is 27.8 Å². The number of fused-ring (bicyclic) bond motifs is 2. The molecule has 0 bridgehead atoms. The Morgan fingerprint density at radius 1 is 0.982 bits per heavy atom. The van der Waals surface area contributed by atoms with Crippen molar-refractivity contribution in [2.75, 3.05) is 60.7 Å². The highest BCUT2D eigenvalue weighted by molar-refractivity contribution is 7.86. The fraction of sp³-hybridized carbons (Fsp3) is 0.472. The van der Waals surface area contributed by atoms with E-state index in [1.807, 2.05) is 53.4 Å². The SMILES string of the molecule is CCC(=C/C=C1\N(CC)c2cc(Cl)c(S(=O)ON3CCOCC3)cc2N1CCCS(=O)(=O)O)/C=C/c1n(CCCS(=O)(=O)O)c2cc(C(F)(F)F)ccc2[n+]1CC. The van der Waals surface area contributed by atoms with Crippen LogP contribution in [-0.4, -0.2) is 90.7 Å². The second kappa shape index (κ2) is 18.7. The second-order valence-electron chi connectivity index (χ2n) is 13.2. The number of hydrogen-bond acceptors (Lipinski definition) is 10. The molecule has 0 radical (unpaired) electrons. The number of nitrogens with zero attached hydrogens (tertiary/aromatic N) is 5. The summed E-state index contributed by atoms with van der Waals surface area (Å²) in [5, 5.41) is 1.74. The highest BCUT2D eigenvalue weighted by atomic mass is 35.5. The molecule has 3 aromatic rings. The Morgan fingerprint density at radius 3 is 2.23 bits per heavy atom. The molecule has 3 heterocycles. The summed E-state index contributed by atoms with van der Waals surface area (Å²) in [6.45, 7) is 8.35. The topological polar surface area (TPSA) is 163 Å². The van der Waals surface area contributed by atoms with Gasteiger partial charge in [0.1, 0.15) is 5.82 Å². The number of halogens is 4. The molecule has 2 aliphatic heterocycles. The van der Waals surface area contributed by atoms with Crippen molar-refractivity contribution in [3.63, 3.8) is 0 Å². The normalized spacial score (nSPS) is 17.4. The lowest BCUT2D eigenvalue weighted by Crippen LogP contribution is -2.36. The number of benzene rings is 2. The molecule has 14 nitrogen and oxygen atoms in total. The van der Waals surface area contributed by atoms with Gasteiger partial charge in [-0.2, -0.15) is 39.4 Å². The maximum atomic E-state index is 13.8. The van der Waals surface area contributed by atoms with Crippen LogP contribution >= 0.6 is 11.6 Å². The molecular weight excluding hydrogens is 835 g/mol. The highest BCUT2D eigenvalue weighted by Gasteiger charge is 2.34. The van der Waals surface area contributed by atoms with Gasteiger partial charge in [-0.3, -0.25) is 9.11 Å². The molecule has 0 saturated carbocycles. The maximum Gasteiger partial charge on any atom is 0.416 e. The van der Waals surface area contributed by atoms with Gasteiger partial charge in [-0.1, -0.05) is 30.7 Å². The third-order valence-electron chi connectivity index (χ3n) is 9.43. The van der Waals surface area contributed by atoms with E-state index in [-0.39, 0.29) is 41.4 Å². The summed E-state index contributed by atoms with van der Waals surface area (Å²) in [6.07, 6.45) is 3.15. The summed E-state index contributed by atoms with van der Waals surface area (Å²) in [7, 11) is -8.58. The third-order valence-corrected chi connectivity index (χ3v) is 12.5. The van der Waals surface area contributed by atoms with Gasteiger partial charge in [0.25, 0.3) is 26.1 Å². The van der Waals surface area contributed by atoms with Crippen LogP contribution in [0.1, 0.15) is 51.4 Å². The van der Waals surface area contributed by atoms with Gasteiger partial charge in [-0.05, 0) is 62.6 Å². The van der Waals surface area contributed by atoms with Gasteiger partial charge in [-0.25, -0.2) is 13.3 Å². The van der Waals surface area contributed by atoms with Crippen molar-refractivity contribution in [2.24, 2.45) is 0 Å². The molecule has 0 spiro atoms. The van der Waals surface area contributed by atoms with Crippen LogP contribution in [0.2, 0.25) is 5.02 Å². The first kappa shape index (κ1) is 44.8. The van der Waals surface area contributed by atoms with E-state index in [9.17, 15) is 43.3 Å². The number of imidazole rings is 1. The molecule has 1 saturated heterocycles. The summed E-state index contributed by atoms with van der Waals surface area (Å²) < 4.78 is 134. The molecule has 314 valence electrons. The van der Waals surface area contributed by atoms with Crippen molar-refractivity contribution in [1.29, 1.82) is 0 Å². The van der Waals surface area contributed by atoms with Crippen molar-refractivity contribution in [3.05, 3.63) is 76.4 Å². The Morgan fingerprint density at radius 2 is 1.63 bits per heavy atom. The average molecular weight is 881 g/mol. The molecule has 2 aliphatic rings. The fourth-order valence-electron chi connectivity index (χ4n) is 6.74. The summed E-state index contributed by atoms with van der Waals surface area (Å²) in [6, 6.07) is 6.73. The standard InChI is InChI=1S/C36H45ClF3N5O9S3/c1-4-26(9-13-34-42(5-2)29-12-11-27(36(38,39)40)23-30(29)44(34)15-7-21-56(47,48)49)10-14-35-43(6-3)31-24-28(37)33(55(46)54-41-17-19-53-20-18-41)25-32(31)45(35)16-8-22-57(50,51)52/h9-14,23-25H,4-8,15-22H2,1-3H3,(H-,47,48,49,50,51,52)/p+1. The number of alkyl halides is 3. The molecule has 57 heavy (non-hydrogen) atoms. The molecule has 1 fully saturated rings. The minimum absolute atomic E-state index is 0.00849. The summed E-state index contributed by atoms with van der Waals surface area (Å²) in [5.41, 5.74) is 1.97. The van der Waals surface area contributed by atoms with E-state index in [2.05, 4.69) is 0 Å². The Bertz CT molecular complexity index is 2290. The van der Waals surface area contributed by atoms with Crippen LogP contribution in [0, 0.1) is 0 Å². The molecule has 0 aliphatic carbocycles. The van der Waals surface area contributed by atoms with Crippen LogP contribution < -0.4 is 14.4 Å². The minimum atomic E-state index is -4.61. The van der Waals surface area contributed by atoms with Crippen LogP contribution in [0.15, 0.2) is 64.8 Å². The summed E-state index contributed by atoms with van der Waals surface area (Å²) in [5.74, 6) is 0.0793. The van der Waals surface area contributed by atoms with E-state index in [0.29, 0.717) is 74.4 Å². The van der Waals surface area contributed by atoms with Gasteiger partial charge in [0.15, 0.2) is 11.0 Å². The molecule has 0 amide bonds. The van der Waals surface area contributed by atoms with E-state index in [1.165, 1.54) is 6.07 Å². The number of morpholine rings is 1. The number of allylic oxidation sites excluding steroid dienone is 4. The lowest BCUT2D eigenvalue weighted by molar-refractivity contribution is -0.670. The quantitative estimate of drug-likeness (QED) is 0.0926. The van der Waals surface area contributed by atoms with Crippen LogP contribution in [0.3, 0.4) is 0 Å². The first-order valence-electron chi connectivity index (χ1n) is 18.3. The van der Waals surface area contributed by atoms with Gasteiger partial charge in [0, 0.05) is 44.7 Å². The number of hydrogen-bond donors (Lipinski definition) is 2. The Kier molecular flexibility index (Phi) is 14.7. The average Bonchev–Trinajstić information content (AvgIpc) is 3.59. The maximum absolute atomic E-state index is 13.8. The minimum Gasteiger partial charge on any atom is -0.379 e. The molecule has 1 unspecified atom stereocenters. The van der Waals surface area contributed by atoms with Crippen LogP contribution in [0.25, 0.3) is 17.1 Å². The molecular formula is C36H46ClF3N5O9S3+. The molecule has 5 rings (SSSR count). The van der Waals surface area contributed by atoms with Crippen molar-refractivity contribution < 1.29 is 56.9 Å². The number of rotatable bonds is 17. The second-order valence-corrected chi connectivity index (χ2v) is 17.8. The number of ether oxygens (including phenoxy) is 1. The molecule has 2 N–H and O–H groups in total. The van der Waals surface area contributed by atoms with E-state index in [0.717, 1.165) is 17.7 Å². The smallest absolute Gasteiger partial charge is 0.379 e. The Balaban J connectivity index is 1.55. The van der Waals surface area contributed by atoms with Crippen molar-refractivity contribution >= 4 is 71.4 Å². The Hall–Kier alpha value is -3.34. The van der Waals surface area contributed by atoms with Crippen molar-refractivity contribution in [2.45, 2.75) is 64.2 Å². The predicted molar refractivity (Wildman–Crippen MR) is 212 cm³/mol. The highest BCUT2D eigenvalue weighted by Crippen LogP contribution is 2.45. The van der Waals surface area contributed by atoms with Gasteiger partial charge in [0.2, 0.25) is 11.1 Å². The Labute approximate surface area is 337 Å². The van der Waals surface area contributed by atoms with Gasteiger partial charge >= 0.3 is 6.18 Å². The number of hydroxylamine groups is 2. The van der Waals surface area contributed by atoms with E-state index in [4.69, 9.17) is 20.6 Å². The zero-order chi connectivity index (χ0) is 41.7. The fourth-order valence-corrected chi connectivity index (χ4v) is 8.92. The van der Waals surface area contributed by atoms with Crippen LogP contribution in [0.4, 0.5) is 24.5 Å². The lowest BCUT2D eigenvalue weighted by Gasteiger charge is -2.25. The van der Waals surface area contributed by atoms with Crippen LogP contribution in [0.5, 0.6) is 0 Å². The summed E-state index contributed by atoms with van der Waals surface area (Å²) in [4.78, 5) is 4.01. The lowest BCUT2D eigenvalue weighted by atomic mass is 10.1. The van der Waals surface area contributed by atoms with Crippen LogP contribution in [-0.2, 0) is 59.6 Å². The summed E-state index contributed by atoms with van der Waals surface area (Å²) >= 11 is 4.70. The van der Waals surface area contributed by atoms with Gasteiger partial charge in [0.05, 0.1) is 64.7 Å². The monoisotopic (exact) mass is 880 g/mol. The largest absolute Gasteiger partial charge is 0.416 e. The van der Waals surface area contributed by atoms with Crippen molar-refractivity contribution in [3.8, 4) is 0 Å². The van der Waals surface area contributed by atoms with E-state index >= 15 is 0 Å². The number of anilines is 2. The third kappa shape index (κ3) is 11.2.